The van der Waals surface area contributed by atoms with Crippen LogP contribution in [0.5, 0.6) is 0 Å². The van der Waals surface area contributed by atoms with E-state index < -0.39 is 7.82 Å². The Kier molecular flexibility index (Phi) is 9.50. The third-order valence-corrected chi connectivity index (χ3v) is 8.22. The van der Waals surface area contributed by atoms with Crippen molar-refractivity contribution >= 4 is 13.5 Å². The summed E-state index contributed by atoms with van der Waals surface area (Å²) >= 11 is 0. The van der Waals surface area contributed by atoms with Gasteiger partial charge in [0.15, 0.2) is 0 Å². The molecule has 7 nitrogen and oxygen atoms in total. The van der Waals surface area contributed by atoms with Gasteiger partial charge in [0.25, 0.3) is 0 Å². The van der Waals surface area contributed by atoms with Gasteiger partial charge >= 0.3 is 7.82 Å². The van der Waals surface area contributed by atoms with Gasteiger partial charge in [-0.3, -0.25) is 18.5 Å². The molecule has 0 bridgehead atoms. The summed E-state index contributed by atoms with van der Waals surface area (Å²) in [5.74, 6) is 0.00630. The second-order valence-corrected chi connectivity index (χ2v) is 10.4. The molecule has 0 radical (unpaired) electrons. The number of benzene rings is 1. The molecule has 1 saturated heterocycles. The lowest BCUT2D eigenvalue weighted by Crippen LogP contribution is -2.66. The van der Waals surface area contributed by atoms with Crippen LogP contribution in [0.3, 0.4) is 0 Å². The van der Waals surface area contributed by atoms with Gasteiger partial charge in [-0.1, -0.05) is 56.3 Å². The summed E-state index contributed by atoms with van der Waals surface area (Å²) in [4.78, 5) is 6.67. The summed E-state index contributed by atoms with van der Waals surface area (Å²) in [7, 11) is -3.72. The number of hydrogen-bond acceptors (Lipinski definition) is 7. The zero-order chi connectivity index (χ0) is 24.0. The van der Waals surface area contributed by atoms with Crippen LogP contribution >= 0.6 is 7.82 Å². The van der Waals surface area contributed by atoms with Gasteiger partial charge in [0.05, 0.1) is 24.5 Å². The molecule has 32 heavy (non-hydrogen) atoms. The van der Waals surface area contributed by atoms with E-state index in [-0.39, 0.29) is 36.3 Å². The van der Waals surface area contributed by atoms with E-state index >= 15 is 0 Å². The molecule has 1 aromatic rings. The lowest BCUT2D eigenvalue weighted by Gasteiger charge is -2.57. The van der Waals surface area contributed by atoms with Gasteiger partial charge in [0.2, 0.25) is 0 Å². The van der Waals surface area contributed by atoms with Crippen LogP contribution in [-0.4, -0.2) is 35.1 Å². The van der Waals surface area contributed by atoms with Crippen molar-refractivity contribution in [2.45, 2.75) is 91.8 Å². The number of rotatable bonds is 11. The molecule has 0 amide bonds. The molecule has 0 aromatic heterocycles. The first-order valence-electron chi connectivity index (χ1n) is 11.8. The molecule has 1 aliphatic rings. The predicted molar refractivity (Wildman–Crippen MR) is 128 cm³/mol. The second-order valence-electron chi connectivity index (χ2n) is 8.86. The van der Waals surface area contributed by atoms with Crippen molar-refractivity contribution in [2.75, 3.05) is 13.2 Å². The minimum Gasteiger partial charge on any atom is -0.292 e. The minimum absolute atomic E-state index is 0.00630. The van der Waals surface area contributed by atoms with E-state index in [4.69, 9.17) is 18.5 Å². The Morgan fingerprint density at radius 2 is 1.69 bits per heavy atom. The number of phosphoric ester groups is 1. The van der Waals surface area contributed by atoms with Crippen LogP contribution < -0.4 is 0 Å². The molecular formula is C24H41N2O5P. The summed E-state index contributed by atoms with van der Waals surface area (Å²) in [6.45, 7) is 16.8. The first kappa shape index (κ1) is 27.0. The Morgan fingerprint density at radius 1 is 1.09 bits per heavy atom. The van der Waals surface area contributed by atoms with E-state index in [1.165, 1.54) is 0 Å². The molecule has 0 saturated carbocycles. The Labute approximate surface area is 194 Å². The second kappa shape index (κ2) is 11.3. The molecule has 4 unspecified atom stereocenters. The van der Waals surface area contributed by atoms with Gasteiger partial charge in [0.1, 0.15) is 6.10 Å². The van der Waals surface area contributed by atoms with Crippen LogP contribution in [0.2, 0.25) is 0 Å². The molecule has 8 heteroatoms. The quantitative estimate of drug-likeness (QED) is 0.260. The van der Waals surface area contributed by atoms with E-state index in [0.29, 0.717) is 6.42 Å². The number of nitrogens with zero attached hydrogens (tertiary/aromatic N) is 2. The van der Waals surface area contributed by atoms with Crippen LogP contribution in [-0.2, 0) is 23.1 Å². The third-order valence-electron chi connectivity index (χ3n) is 6.79. The molecular weight excluding hydrogens is 427 g/mol. The van der Waals surface area contributed by atoms with Crippen LogP contribution in [0.25, 0.3) is 0 Å². The number of piperidine rings is 1. The molecule has 2 rings (SSSR count). The maximum Gasteiger partial charge on any atom is 0.550 e. The van der Waals surface area contributed by atoms with Gasteiger partial charge in [-0.25, -0.2) is 4.57 Å². The van der Waals surface area contributed by atoms with Gasteiger partial charge in [0, 0.05) is 17.9 Å². The maximum absolute atomic E-state index is 12.8. The summed E-state index contributed by atoms with van der Waals surface area (Å²) in [5.41, 5.74) is 1.32. The Hall–Kier alpha value is -1.24. The van der Waals surface area contributed by atoms with E-state index in [1.807, 2.05) is 18.2 Å². The summed E-state index contributed by atoms with van der Waals surface area (Å²) in [6, 6.07) is 10.2. The number of phosphoric acid groups is 1. The highest BCUT2D eigenvalue weighted by Crippen LogP contribution is 2.51. The Bertz CT molecular complexity index is 795. The highest BCUT2D eigenvalue weighted by Gasteiger charge is 2.53. The molecule has 182 valence electrons. The van der Waals surface area contributed by atoms with Crippen molar-refractivity contribution in [3.05, 3.63) is 35.9 Å². The van der Waals surface area contributed by atoms with Crippen molar-refractivity contribution in [1.29, 1.82) is 0 Å². The minimum atomic E-state index is -3.72. The SMILES string of the molecule is CCOP(=O)(OCC)O/N=C1/CC(C)(CC)N(OC(C)c2ccccc2)C(C)(CC)C1C. The lowest BCUT2D eigenvalue weighted by atomic mass is 9.70. The summed E-state index contributed by atoms with van der Waals surface area (Å²) in [6.07, 6.45) is 2.23. The van der Waals surface area contributed by atoms with Gasteiger partial charge in [-0.2, -0.15) is 5.06 Å². The van der Waals surface area contributed by atoms with Crippen LogP contribution in [0, 0.1) is 5.92 Å². The molecule has 1 aliphatic heterocycles. The van der Waals surface area contributed by atoms with Gasteiger partial charge in [-0.05, 0) is 53.0 Å². The van der Waals surface area contributed by atoms with E-state index in [1.54, 1.807) is 13.8 Å². The number of oxime groups is 1. The number of hydroxylamine groups is 2. The molecule has 1 heterocycles. The zero-order valence-electron chi connectivity index (χ0n) is 21.0. The van der Waals surface area contributed by atoms with Crippen molar-refractivity contribution < 1.29 is 23.1 Å². The van der Waals surface area contributed by atoms with Crippen LogP contribution in [0.15, 0.2) is 35.5 Å². The Morgan fingerprint density at radius 3 is 2.19 bits per heavy atom. The predicted octanol–water partition coefficient (Wildman–Crippen LogP) is 6.91. The highest BCUT2D eigenvalue weighted by molar-refractivity contribution is 7.48. The topological polar surface area (TPSA) is 69.6 Å². The average molecular weight is 469 g/mol. The maximum atomic E-state index is 12.8. The smallest absolute Gasteiger partial charge is 0.292 e. The van der Waals surface area contributed by atoms with Crippen molar-refractivity contribution in [1.82, 2.24) is 5.06 Å². The van der Waals surface area contributed by atoms with Gasteiger partial charge < -0.3 is 0 Å². The Balaban J connectivity index is 2.37. The lowest BCUT2D eigenvalue weighted by molar-refractivity contribution is -0.310. The molecule has 1 fully saturated rings. The van der Waals surface area contributed by atoms with E-state index in [2.05, 4.69) is 63.9 Å². The van der Waals surface area contributed by atoms with Crippen molar-refractivity contribution in [2.24, 2.45) is 11.1 Å². The summed E-state index contributed by atoms with van der Waals surface area (Å²) in [5, 5.41) is 6.54. The van der Waals surface area contributed by atoms with Gasteiger partial charge in [-0.15, -0.1) is 0 Å². The molecule has 0 N–H and O–H groups in total. The first-order chi connectivity index (χ1) is 15.1. The standard InChI is InChI=1S/C24H41N2O5P/c1-9-23(7)18-22(25-31-32(27,28-11-3)29-12-4)19(5)24(8,10-2)26(23)30-20(6)21-16-14-13-15-17-21/h13-17,19-20H,9-12,18H2,1-8H3/b25-22-. The number of hydrogen-bond donors (Lipinski definition) is 0. The fourth-order valence-corrected chi connectivity index (χ4v) is 5.30. The average Bonchev–Trinajstić information content (AvgIpc) is 2.79. The third kappa shape index (κ3) is 5.81. The summed E-state index contributed by atoms with van der Waals surface area (Å²) < 4.78 is 28.7. The van der Waals surface area contributed by atoms with Crippen molar-refractivity contribution in [3.8, 4) is 0 Å². The molecule has 0 aliphatic carbocycles. The normalized spacial score (nSPS) is 29.2. The van der Waals surface area contributed by atoms with Crippen LogP contribution in [0.1, 0.15) is 86.3 Å². The van der Waals surface area contributed by atoms with Crippen LogP contribution in [0.4, 0.5) is 0 Å². The largest absolute Gasteiger partial charge is 0.550 e. The monoisotopic (exact) mass is 468 g/mol. The molecule has 4 atom stereocenters. The molecule has 1 aromatic carbocycles. The van der Waals surface area contributed by atoms with E-state index in [0.717, 1.165) is 24.1 Å². The fourth-order valence-electron chi connectivity index (χ4n) is 4.29. The molecule has 0 spiro atoms. The van der Waals surface area contributed by atoms with E-state index in [9.17, 15) is 4.57 Å². The first-order valence-corrected chi connectivity index (χ1v) is 13.2. The zero-order valence-corrected chi connectivity index (χ0v) is 21.9. The van der Waals surface area contributed by atoms with Crippen molar-refractivity contribution in [3.63, 3.8) is 0 Å². The fraction of sp³-hybridized carbons (Fsp3) is 0.708. The highest BCUT2D eigenvalue weighted by atomic mass is 31.2.